The van der Waals surface area contributed by atoms with E-state index in [4.69, 9.17) is 0 Å². The second kappa shape index (κ2) is 6.91. The fourth-order valence-electron chi connectivity index (χ4n) is 1.51. The molecule has 0 radical (unpaired) electrons. The van der Waals surface area contributed by atoms with Crippen molar-refractivity contribution < 1.29 is 18.0 Å². The van der Waals surface area contributed by atoms with Gasteiger partial charge in [0.2, 0.25) is 0 Å². The maximum atomic E-state index is 12.8. The van der Waals surface area contributed by atoms with Gasteiger partial charge in [-0.1, -0.05) is 15.9 Å². The molecule has 0 spiro atoms. The molecule has 7 heteroatoms. The van der Waals surface area contributed by atoms with E-state index < -0.39 is 17.6 Å². The summed E-state index contributed by atoms with van der Waals surface area (Å²) in [5.74, 6) is -0.712. The molecule has 0 saturated heterocycles. The molecule has 106 valence electrons. The molecule has 1 aromatic carbocycles. The van der Waals surface area contributed by atoms with Crippen LogP contribution < -0.4 is 10.6 Å². The Morgan fingerprint density at radius 3 is 2.58 bits per heavy atom. The minimum absolute atomic E-state index is 0.284. The highest BCUT2D eigenvalue weighted by atomic mass is 79.9. The average Bonchev–Trinajstić information content (AvgIpc) is 2.33. The minimum Gasteiger partial charge on any atom is -0.352 e. The molecule has 0 aliphatic heterocycles. The first-order valence-corrected chi connectivity index (χ1v) is 6.45. The number of carbonyl (C=O) groups excluding carboxylic acids is 1. The number of hydrogen-bond donors (Lipinski definition) is 2. The smallest absolute Gasteiger partial charge is 0.352 e. The number of alkyl halides is 3. The summed E-state index contributed by atoms with van der Waals surface area (Å²) in [5.41, 5.74) is -1.30. The van der Waals surface area contributed by atoms with Gasteiger partial charge in [-0.25, -0.2) is 0 Å². The molecule has 0 fully saturated rings. The lowest BCUT2D eigenvalue weighted by Crippen LogP contribution is -2.28. The van der Waals surface area contributed by atoms with Crippen molar-refractivity contribution in [1.82, 2.24) is 10.6 Å². The van der Waals surface area contributed by atoms with E-state index in [9.17, 15) is 18.0 Å². The first-order valence-electron chi connectivity index (χ1n) is 5.66. The van der Waals surface area contributed by atoms with Crippen molar-refractivity contribution in [3.05, 3.63) is 33.8 Å². The van der Waals surface area contributed by atoms with Crippen molar-refractivity contribution in [3.63, 3.8) is 0 Å². The van der Waals surface area contributed by atoms with Crippen LogP contribution in [-0.2, 0) is 6.18 Å². The van der Waals surface area contributed by atoms with Crippen molar-refractivity contribution >= 4 is 21.8 Å². The maximum Gasteiger partial charge on any atom is 0.417 e. The molecule has 0 aliphatic carbocycles. The molecule has 2 N–H and O–H groups in total. The molecule has 1 amide bonds. The first kappa shape index (κ1) is 16.0. The summed E-state index contributed by atoms with van der Waals surface area (Å²) in [6, 6.07) is 3.49. The first-order chi connectivity index (χ1) is 8.86. The summed E-state index contributed by atoms with van der Waals surface area (Å²) < 4.78 is 38.7. The number of amides is 1. The fraction of sp³-hybridized carbons (Fsp3) is 0.417. The van der Waals surface area contributed by atoms with Crippen molar-refractivity contribution in [2.45, 2.75) is 12.6 Å². The zero-order valence-corrected chi connectivity index (χ0v) is 11.9. The van der Waals surface area contributed by atoms with Crippen LogP contribution in [0.3, 0.4) is 0 Å². The van der Waals surface area contributed by atoms with Crippen molar-refractivity contribution in [2.24, 2.45) is 0 Å². The molecule has 0 bridgehead atoms. The quantitative estimate of drug-likeness (QED) is 0.810. The molecule has 3 nitrogen and oxygen atoms in total. The molecular weight excluding hydrogens is 325 g/mol. The van der Waals surface area contributed by atoms with Gasteiger partial charge in [0.05, 0.1) is 11.1 Å². The predicted molar refractivity (Wildman–Crippen MR) is 70.0 cm³/mol. The summed E-state index contributed by atoms with van der Waals surface area (Å²) in [6.45, 7) is 1.01. The monoisotopic (exact) mass is 338 g/mol. The lowest BCUT2D eigenvalue weighted by Gasteiger charge is -2.13. The van der Waals surface area contributed by atoms with Crippen molar-refractivity contribution in [3.8, 4) is 0 Å². The van der Waals surface area contributed by atoms with E-state index in [0.29, 0.717) is 19.5 Å². The zero-order chi connectivity index (χ0) is 14.5. The normalized spacial score (nSPS) is 11.4. The predicted octanol–water partition coefficient (Wildman–Crippen LogP) is 2.81. The molecule has 0 aliphatic rings. The second-order valence-corrected chi connectivity index (χ2v) is 4.82. The molecular formula is C12H14BrF3N2O. The summed E-state index contributed by atoms with van der Waals surface area (Å²) in [4.78, 5) is 11.7. The summed E-state index contributed by atoms with van der Waals surface area (Å²) in [6.07, 6.45) is -3.90. The molecule has 0 saturated carbocycles. The summed E-state index contributed by atoms with van der Waals surface area (Å²) in [7, 11) is 1.76. The molecule has 0 atom stereocenters. The van der Waals surface area contributed by atoms with E-state index in [0.717, 1.165) is 6.07 Å². The standard InChI is InChI=1S/C12H14BrF3N2O/c1-17-5-2-6-18-11(19)9-4-3-8(13)7-10(9)12(14,15)16/h3-4,7,17H,2,5-6H2,1H3,(H,18,19). The van der Waals surface area contributed by atoms with Crippen LogP contribution in [0.25, 0.3) is 0 Å². The number of rotatable bonds is 5. The summed E-state index contributed by atoms with van der Waals surface area (Å²) >= 11 is 2.97. The number of nitrogens with one attached hydrogen (secondary N) is 2. The topological polar surface area (TPSA) is 41.1 Å². The zero-order valence-electron chi connectivity index (χ0n) is 10.3. The largest absolute Gasteiger partial charge is 0.417 e. The van der Waals surface area contributed by atoms with Crippen molar-refractivity contribution in [1.29, 1.82) is 0 Å². The number of halogens is 4. The molecule has 1 aromatic rings. The Morgan fingerprint density at radius 1 is 1.32 bits per heavy atom. The Balaban J connectivity index is 2.85. The highest BCUT2D eigenvalue weighted by Gasteiger charge is 2.35. The highest BCUT2D eigenvalue weighted by Crippen LogP contribution is 2.33. The number of carbonyl (C=O) groups is 1. The minimum atomic E-state index is -4.55. The van der Waals surface area contributed by atoms with Crippen LogP contribution in [0.5, 0.6) is 0 Å². The molecule has 0 heterocycles. The summed E-state index contributed by atoms with van der Waals surface area (Å²) in [5, 5.41) is 5.36. The highest BCUT2D eigenvalue weighted by molar-refractivity contribution is 9.10. The van der Waals surface area contributed by atoms with Crippen LogP contribution in [0.4, 0.5) is 13.2 Å². The lowest BCUT2D eigenvalue weighted by atomic mass is 10.1. The molecule has 0 unspecified atom stereocenters. The van der Waals surface area contributed by atoms with Gasteiger partial charge in [-0.2, -0.15) is 13.2 Å². The third kappa shape index (κ3) is 4.83. The van der Waals surface area contributed by atoms with Crippen LogP contribution in [0, 0.1) is 0 Å². The number of hydrogen-bond acceptors (Lipinski definition) is 2. The molecule has 19 heavy (non-hydrogen) atoms. The van der Waals surface area contributed by atoms with Gasteiger partial charge in [-0.05, 0) is 38.2 Å². The van der Waals surface area contributed by atoms with Gasteiger partial charge in [-0.15, -0.1) is 0 Å². The van der Waals surface area contributed by atoms with E-state index in [1.165, 1.54) is 12.1 Å². The average molecular weight is 339 g/mol. The van der Waals surface area contributed by atoms with Gasteiger partial charge in [0.1, 0.15) is 0 Å². The van der Waals surface area contributed by atoms with Crippen LogP contribution in [0.15, 0.2) is 22.7 Å². The Morgan fingerprint density at radius 2 is 2.00 bits per heavy atom. The van der Waals surface area contributed by atoms with E-state index in [-0.39, 0.29) is 10.0 Å². The third-order valence-corrected chi connectivity index (χ3v) is 2.91. The SMILES string of the molecule is CNCCCNC(=O)c1ccc(Br)cc1C(F)(F)F. The van der Waals surface area contributed by atoms with Crippen molar-refractivity contribution in [2.75, 3.05) is 20.1 Å². The fourth-order valence-corrected chi connectivity index (χ4v) is 1.87. The Labute approximate surface area is 117 Å². The van der Waals surface area contributed by atoms with Crippen LogP contribution in [-0.4, -0.2) is 26.0 Å². The second-order valence-electron chi connectivity index (χ2n) is 3.90. The van der Waals surface area contributed by atoms with Gasteiger partial charge in [0.25, 0.3) is 5.91 Å². The van der Waals surface area contributed by atoms with Crippen LogP contribution in [0.2, 0.25) is 0 Å². The molecule has 0 aromatic heterocycles. The van der Waals surface area contributed by atoms with Crippen LogP contribution in [0.1, 0.15) is 22.3 Å². The van der Waals surface area contributed by atoms with Gasteiger partial charge in [0.15, 0.2) is 0 Å². The van der Waals surface area contributed by atoms with Gasteiger partial charge >= 0.3 is 6.18 Å². The van der Waals surface area contributed by atoms with E-state index in [2.05, 4.69) is 26.6 Å². The van der Waals surface area contributed by atoms with E-state index >= 15 is 0 Å². The van der Waals surface area contributed by atoms with Crippen LogP contribution >= 0.6 is 15.9 Å². The number of benzene rings is 1. The Bertz CT molecular complexity index is 449. The Hall–Kier alpha value is -1.08. The lowest BCUT2D eigenvalue weighted by molar-refractivity contribution is -0.138. The van der Waals surface area contributed by atoms with Gasteiger partial charge in [0, 0.05) is 11.0 Å². The van der Waals surface area contributed by atoms with Gasteiger partial charge in [-0.3, -0.25) is 4.79 Å². The van der Waals surface area contributed by atoms with E-state index in [1.54, 1.807) is 7.05 Å². The Kier molecular flexibility index (Phi) is 5.81. The van der Waals surface area contributed by atoms with E-state index in [1.807, 2.05) is 0 Å². The third-order valence-electron chi connectivity index (χ3n) is 2.42. The van der Waals surface area contributed by atoms with Gasteiger partial charge < -0.3 is 10.6 Å². The molecule has 1 rings (SSSR count). The maximum absolute atomic E-state index is 12.8.